The summed E-state index contributed by atoms with van der Waals surface area (Å²) in [6, 6.07) is 7.73. The normalized spacial score (nSPS) is 24.4. The van der Waals surface area contributed by atoms with Crippen molar-refractivity contribution in [1.29, 1.82) is 0 Å². The first-order chi connectivity index (χ1) is 13.5. The molecular weight excluding hydrogens is 364 g/mol. The fourth-order valence-electron chi connectivity index (χ4n) is 4.15. The number of amides is 3. The number of hydrogen-bond acceptors (Lipinski definition) is 4. The van der Waals surface area contributed by atoms with E-state index in [-0.39, 0.29) is 17.4 Å². The minimum Gasteiger partial charge on any atom is -0.319 e. The van der Waals surface area contributed by atoms with E-state index in [1.165, 1.54) is 10.5 Å². The van der Waals surface area contributed by atoms with Crippen LogP contribution in [0.4, 0.5) is 4.79 Å². The Labute approximate surface area is 175 Å². The molecule has 6 heteroatoms. The van der Waals surface area contributed by atoms with E-state index < -0.39 is 5.54 Å². The highest BCUT2D eigenvalue weighted by Gasteiger charge is 2.49. The van der Waals surface area contributed by atoms with Crippen molar-refractivity contribution in [1.82, 2.24) is 20.0 Å². The second-order valence-electron chi connectivity index (χ2n) is 10.1. The molecule has 0 aliphatic carbocycles. The lowest BCUT2D eigenvalue weighted by Gasteiger charge is -2.36. The van der Waals surface area contributed by atoms with Gasteiger partial charge in [-0.15, -0.1) is 0 Å². The van der Waals surface area contributed by atoms with Gasteiger partial charge in [0.15, 0.2) is 0 Å². The van der Waals surface area contributed by atoms with E-state index in [0.717, 1.165) is 38.3 Å². The summed E-state index contributed by atoms with van der Waals surface area (Å²) in [6.07, 6.45) is 0. The van der Waals surface area contributed by atoms with Crippen molar-refractivity contribution in [3.05, 3.63) is 35.4 Å². The van der Waals surface area contributed by atoms with Crippen LogP contribution in [0.5, 0.6) is 0 Å². The Bertz CT molecular complexity index is 745. The first kappa shape index (κ1) is 21.8. The zero-order chi connectivity index (χ0) is 21.4. The molecule has 0 radical (unpaired) electrons. The van der Waals surface area contributed by atoms with Crippen LogP contribution in [0.2, 0.25) is 0 Å². The van der Waals surface area contributed by atoms with E-state index in [1.54, 1.807) is 6.92 Å². The van der Waals surface area contributed by atoms with Crippen molar-refractivity contribution in [3.63, 3.8) is 0 Å². The van der Waals surface area contributed by atoms with E-state index in [1.807, 2.05) is 12.1 Å². The van der Waals surface area contributed by atoms with Crippen LogP contribution in [-0.2, 0) is 15.7 Å². The van der Waals surface area contributed by atoms with Gasteiger partial charge in [0.25, 0.3) is 5.91 Å². The van der Waals surface area contributed by atoms with Gasteiger partial charge in [0.05, 0.1) is 6.67 Å². The summed E-state index contributed by atoms with van der Waals surface area (Å²) in [5.74, 6) is 0.480. The van der Waals surface area contributed by atoms with Gasteiger partial charge in [-0.3, -0.25) is 9.69 Å². The molecule has 3 amide bonds. The van der Waals surface area contributed by atoms with Gasteiger partial charge in [-0.2, -0.15) is 0 Å². The largest absolute Gasteiger partial charge is 0.326 e. The van der Waals surface area contributed by atoms with Crippen LogP contribution in [0, 0.1) is 5.92 Å². The van der Waals surface area contributed by atoms with Crippen LogP contribution < -0.4 is 5.32 Å². The molecule has 1 aromatic carbocycles. The summed E-state index contributed by atoms with van der Waals surface area (Å²) in [5, 5.41) is 2.93. The summed E-state index contributed by atoms with van der Waals surface area (Å²) in [4.78, 5) is 31.9. The van der Waals surface area contributed by atoms with E-state index in [4.69, 9.17) is 0 Å². The molecule has 6 nitrogen and oxygen atoms in total. The lowest BCUT2D eigenvalue weighted by atomic mass is 9.84. The molecule has 2 saturated heterocycles. The fourth-order valence-corrected chi connectivity index (χ4v) is 4.15. The molecule has 2 aliphatic rings. The standard InChI is InChI=1S/C23H36N4O2/c1-17(2)15-25-11-13-26(14-12-25)16-27-20(28)23(6,24-21(27)29)19-9-7-18(8-10-19)22(3,4)5/h7-10,17H,11-16H2,1-6H3,(H,24,29). The van der Waals surface area contributed by atoms with Crippen molar-refractivity contribution in [2.45, 2.75) is 52.5 Å². The van der Waals surface area contributed by atoms with Gasteiger partial charge in [0.2, 0.25) is 0 Å². The first-order valence-electron chi connectivity index (χ1n) is 10.7. The third-order valence-corrected chi connectivity index (χ3v) is 6.03. The lowest BCUT2D eigenvalue weighted by Crippen LogP contribution is -2.52. The molecule has 2 heterocycles. The van der Waals surface area contributed by atoms with Crippen LogP contribution in [0.15, 0.2) is 24.3 Å². The summed E-state index contributed by atoms with van der Waals surface area (Å²) >= 11 is 0. The molecule has 29 heavy (non-hydrogen) atoms. The molecule has 2 fully saturated rings. The average Bonchev–Trinajstić information content (AvgIpc) is 2.86. The van der Waals surface area contributed by atoms with Crippen LogP contribution in [0.25, 0.3) is 0 Å². The third-order valence-electron chi connectivity index (χ3n) is 6.03. The van der Waals surface area contributed by atoms with Crippen LogP contribution >= 0.6 is 0 Å². The number of benzene rings is 1. The number of urea groups is 1. The zero-order valence-electron chi connectivity index (χ0n) is 18.8. The Kier molecular flexibility index (Phi) is 6.06. The second kappa shape index (κ2) is 8.07. The number of carbonyl (C=O) groups excluding carboxylic acids is 2. The van der Waals surface area contributed by atoms with Crippen LogP contribution in [0.1, 0.15) is 52.7 Å². The van der Waals surface area contributed by atoms with Gasteiger partial charge >= 0.3 is 6.03 Å². The Morgan fingerprint density at radius 1 is 1.00 bits per heavy atom. The zero-order valence-corrected chi connectivity index (χ0v) is 18.8. The Hall–Kier alpha value is -1.92. The summed E-state index contributed by atoms with van der Waals surface area (Å²) in [5.41, 5.74) is 1.07. The highest BCUT2D eigenvalue weighted by atomic mass is 16.2. The van der Waals surface area contributed by atoms with Gasteiger partial charge in [-0.1, -0.05) is 58.9 Å². The molecule has 160 valence electrons. The van der Waals surface area contributed by atoms with Gasteiger partial charge in [0, 0.05) is 32.7 Å². The van der Waals surface area contributed by atoms with Gasteiger partial charge in [-0.05, 0) is 29.4 Å². The van der Waals surface area contributed by atoms with Gasteiger partial charge in [0.1, 0.15) is 5.54 Å². The maximum Gasteiger partial charge on any atom is 0.326 e. The molecule has 1 aromatic rings. The van der Waals surface area contributed by atoms with E-state index >= 15 is 0 Å². The van der Waals surface area contributed by atoms with Crippen molar-refractivity contribution in [2.24, 2.45) is 5.92 Å². The molecule has 2 aliphatic heterocycles. The molecule has 0 aromatic heterocycles. The number of nitrogens with zero attached hydrogens (tertiary/aromatic N) is 3. The summed E-state index contributed by atoms with van der Waals surface area (Å²) in [6.45, 7) is 17.9. The molecule has 0 saturated carbocycles. The van der Waals surface area contributed by atoms with Crippen molar-refractivity contribution in [3.8, 4) is 0 Å². The third kappa shape index (κ3) is 4.64. The first-order valence-corrected chi connectivity index (χ1v) is 10.7. The summed E-state index contributed by atoms with van der Waals surface area (Å²) in [7, 11) is 0. The molecule has 1 atom stereocenters. The van der Waals surface area contributed by atoms with Crippen molar-refractivity contribution >= 4 is 11.9 Å². The fraction of sp³-hybridized carbons (Fsp3) is 0.652. The average molecular weight is 401 g/mol. The maximum absolute atomic E-state index is 13.2. The number of hydrogen-bond donors (Lipinski definition) is 1. The number of nitrogens with one attached hydrogen (secondary N) is 1. The molecule has 1 N–H and O–H groups in total. The number of imide groups is 1. The monoisotopic (exact) mass is 400 g/mol. The summed E-state index contributed by atoms with van der Waals surface area (Å²) < 4.78 is 0. The number of carbonyl (C=O) groups is 2. The molecular formula is C23H36N4O2. The minimum atomic E-state index is -1.01. The minimum absolute atomic E-state index is 0.0477. The smallest absolute Gasteiger partial charge is 0.319 e. The van der Waals surface area contributed by atoms with Crippen molar-refractivity contribution in [2.75, 3.05) is 39.4 Å². The molecule has 1 unspecified atom stereocenters. The van der Waals surface area contributed by atoms with Crippen LogP contribution in [0.3, 0.4) is 0 Å². The maximum atomic E-state index is 13.2. The topological polar surface area (TPSA) is 55.9 Å². The molecule has 3 rings (SSSR count). The molecule has 0 spiro atoms. The van der Waals surface area contributed by atoms with E-state index in [9.17, 15) is 9.59 Å². The van der Waals surface area contributed by atoms with E-state index in [2.05, 4.69) is 61.9 Å². The number of rotatable bonds is 5. The molecule has 0 bridgehead atoms. The Morgan fingerprint density at radius 2 is 1.55 bits per heavy atom. The number of piperazine rings is 1. The predicted octanol–water partition coefficient (Wildman–Crippen LogP) is 2.98. The van der Waals surface area contributed by atoms with Crippen LogP contribution in [-0.4, -0.2) is 66.0 Å². The van der Waals surface area contributed by atoms with Gasteiger partial charge < -0.3 is 10.2 Å². The predicted molar refractivity (Wildman–Crippen MR) is 116 cm³/mol. The van der Waals surface area contributed by atoms with E-state index in [0.29, 0.717) is 12.6 Å². The quantitative estimate of drug-likeness (QED) is 0.772. The van der Waals surface area contributed by atoms with Gasteiger partial charge in [-0.25, -0.2) is 9.69 Å². The SMILES string of the molecule is CC(C)CN1CCN(CN2C(=O)NC(C)(c3ccc(C(C)(C)C)cc3)C2=O)CC1. The highest BCUT2D eigenvalue weighted by Crippen LogP contribution is 2.31. The second-order valence-corrected chi connectivity index (χ2v) is 10.1. The Balaban J connectivity index is 1.66. The van der Waals surface area contributed by atoms with Crippen molar-refractivity contribution < 1.29 is 9.59 Å². The Morgan fingerprint density at radius 3 is 2.07 bits per heavy atom. The lowest BCUT2D eigenvalue weighted by molar-refractivity contribution is -0.132. The highest BCUT2D eigenvalue weighted by molar-refractivity contribution is 6.07.